The van der Waals surface area contributed by atoms with Crippen molar-refractivity contribution in [3.8, 4) is 0 Å². The molecule has 1 amide bonds. The van der Waals surface area contributed by atoms with Crippen LogP contribution in [-0.2, 0) is 9.53 Å². The van der Waals surface area contributed by atoms with E-state index in [1.54, 1.807) is 0 Å². The predicted molar refractivity (Wildman–Crippen MR) is 66.8 cm³/mol. The number of rotatable bonds is 5. The average molecular weight is 240 g/mol. The molecule has 2 fully saturated rings. The van der Waals surface area contributed by atoms with E-state index in [1.165, 1.54) is 6.42 Å². The lowest BCUT2D eigenvalue weighted by Gasteiger charge is -2.22. The fourth-order valence-corrected chi connectivity index (χ4v) is 2.66. The first kappa shape index (κ1) is 12.8. The molecule has 0 spiro atoms. The predicted octanol–water partition coefficient (Wildman–Crippen LogP) is 1.06. The van der Waals surface area contributed by atoms with E-state index >= 15 is 0 Å². The highest BCUT2D eigenvalue weighted by molar-refractivity contribution is 5.76. The van der Waals surface area contributed by atoms with Crippen LogP contribution in [0, 0.1) is 5.92 Å². The van der Waals surface area contributed by atoms with Crippen LogP contribution in [0.3, 0.4) is 0 Å². The van der Waals surface area contributed by atoms with Crippen molar-refractivity contribution in [1.82, 2.24) is 10.6 Å². The molecule has 2 N–H and O–H groups in total. The van der Waals surface area contributed by atoms with Crippen LogP contribution in [0.1, 0.15) is 38.5 Å². The molecule has 4 nitrogen and oxygen atoms in total. The molecular weight excluding hydrogens is 216 g/mol. The molecule has 98 valence electrons. The van der Waals surface area contributed by atoms with Gasteiger partial charge in [-0.25, -0.2) is 0 Å². The fourth-order valence-electron chi connectivity index (χ4n) is 2.66. The molecule has 0 saturated carbocycles. The Morgan fingerprint density at radius 2 is 2.12 bits per heavy atom. The third-order valence-electron chi connectivity index (χ3n) is 3.75. The fraction of sp³-hybridized carbons (Fsp3) is 0.923. The van der Waals surface area contributed by atoms with Crippen molar-refractivity contribution in [2.45, 2.75) is 44.6 Å². The van der Waals surface area contributed by atoms with Gasteiger partial charge in [-0.05, 0) is 51.1 Å². The number of hydrogen-bond donors (Lipinski definition) is 2. The molecule has 2 heterocycles. The highest BCUT2D eigenvalue weighted by atomic mass is 16.5. The molecule has 0 aliphatic carbocycles. The van der Waals surface area contributed by atoms with Gasteiger partial charge in [0, 0.05) is 19.6 Å². The maximum atomic E-state index is 11.7. The maximum absolute atomic E-state index is 11.7. The molecule has 1 atom stereocenters. The minimum Gasteiger partial charge on any atom is -0.378 e. The molecule has 17 heavy (non-hydrogen) atoms. The van der Waals surface area contributed by atoms with Crippen LogP contribution in [0.2, 0.25) is 0 Å². The zero-order valence-corrected chi connectivity index (χ0v) is 10.5. The van der Waals surface area contributed by atoms with Gasteiger partial charge in [-0.2, -0.15) is 0 Å². The van der Waals surface area contributed by atoms with E-state index in [0.717, 1.165) is 51.9 Å². The van der Waals surface area contributed by atoms with Gasteiger partial charge in [0.05, 0.1) is 6.10 Å². The van der Waals surface area contributed by atoms with E-state index in [4.69, 9.17) is 4.74 Å². The summed E-state index contributed by atoms with van der Waals surface area (Å²) in [5.41, 5.74) is 0. The minimum absolute atomic E-state index is 0.217. The van der Waals surface area contributed by atoms with Gasteiger partial charge in [0.15, 0.2) is 0 Å². The Labute approximate surface area is 103 Å². The molecule has 0 aromatic heterocycles. The second kappa shape index (κ2) is 6.97. The Bertz CT molecular complexity index is 234. The summed E-state index contributed by atoms with van der Waals surface area (Å²) in [7, 11) is 0. The first-order valence-corrected chi connectivity index (χ1v) is 6.93. The SMILES string of the molecule is O=C(CC1CCNCC1)NCCC1CCCO1. The van der Waals surface area contributed by atoms with Crippen LogP contribution in [0.4, 0.5) is 0 Å². The monoisotopic (exact) mass is 240 g/mol. The quantitative estimate of drug-likeness (QED) is 0.755. The molecule has 2 aliphatic heterocycles. The summed E-state index contributed by atoms with van der Waals surface area (Å²) in [6.07, 6.45) is 6.66. The van der Waals surface area contributed by atoms with Gasteiger partial charge < -0.3 is 15.4 Å². The standard InChI is InChI=1S/C13H24N2O2/c16-13(10-11-3-6-14-7-4-11)15-8-5-12-2-1-9-17-12/h11-12,14H,1-10H2,(H,15,16). The smallest absolute Gasteiger partial charge is 0.220 e. The molecule has 0 aromatic rings. The first-order valence-electron chi connectivity index (χ1n) is 6.93. The molecule has 2 rings (SSSR count). The molecule has 2 saturated heterocycles. The van der Waals surface area contributed by atoms with Crippen molar-refractivity contribution in [3.63, 3.8) is 0 Å². The number of amides is 1. The zero-order chi connectivity index (χ0) is 11.9. The highest BCUT2D eigenvalue weighted by Gasteiger charge is 2.18. The normalized spacial score (nSPS) is 26.0. The van der Waals surface area contributed by atoms with E-state index in [2.05, 4.69) is 10.6 Å². The highest BCUT2D eigenvalue weighted by Crippen LogP contribution is 2.16. The van der Waals surface area contributed by atoms with Crippen LogP contribution < -0.4 is 10.6 Å². The van der Waals surface area contributed by atoms with Gasteiger partial charge in [-0.3, -0.25) is 4.79 Å². The van der Waals surface area contributed by atoms with E-state index in [9.17, 15) is 4.79 Å². The third kappa shape index (κ3) is 4.64. The third-order valence-corrected chi connectivity index (χ3v) is 3.75. The maximum Gasteiger partial charge on any atom is 0.220 e. The lowest BCUT2D eigenvalue weighted by Crippen LogP contribution is -2.33. The van der Waals surface area contributed by atoms with Gasteiger partial charge in [0.25, 0.3) is 0 Å². The lowest BCUT2D eigenvalue weighted by molar-refractivity contribution is -0.122. The molecule has 0 radical (unpaired) electrons. The van der Waals surface area contributed by atoms with Crippen molar-refractivity contribution in [3.05, 3.63) is 0 Å². The number of hydrogen-bond acceptors (Lipinski definition) is 3. The number of ether oxygens (including phenoxy) is 1. The number of piperidine rings is 1. The van der Waals surface area contributed by atoms with Crippen molar-refractivity contribution < 1.29 is 9.53 Å². The minimum atomic E-state index is 0.217. The van der Waals surface area contributed by atoms with E-state index in [0.29, 0.717) is 18.4 Å². The average Bonchev–Trinajstić information content (AvgIpc) is 2.83. The Hall–Kier alpha value is -0.610. The van der Waals surface area contributed by atoms with Gasteiger partial charge in [0.2, 0.25) is 5.91 Å². The number of carbonyl (C=O) groups is 1. The van der Waals surface area contributed by atoms with Crippen molar-refractivity contribution in [2.24, 2.45) is 5.92 Å². The van der Waals surface area contributed by atoms with Crippen LogP contribution in [0.15, 0.2) is 0 Å². The number of nitrogens with one attached hydrogen (secondary N) is 2. The summed E-state index contributed by atoms with van der Waals surface area (Å²) in [5.74, 6) is 0.800. The Balaban J connectivity index is 1.53. The summed E-state index contributed by atoms with van der Waals surface area (Å²) in [6, 6.07) is 0. The molecule has 4 heteroatoms. The topological polar surface area (TPSA) is 50.4 Å². The van der Waals surface area contributed by atoms with Crippen LogP contribution in [0.5, 0.6) is 0 Å². The van der Waals surface area contributed by atoms with E-state index in [1.807, 2.05) is 0 Å². The van der Waals surface area contributed by atoms with Gasteiger partial charge in [0.1, 0.15) is 0 Å². The molecular formula is C13H24N2O2. The summed E-state index contributed by atoms with van der Waals surface area (Å²) in [5, 5.41) is 6.34. The van der Waals surface area contributed by atoms with Crippen molar-refractivity contribution in [1.29, 1.82) is 0 Å². The van der Waals surface area contributed by atoms with Crippen LogP contribution in [-0.4, -0.2) is 38.3 Å². The van der Waals surface area contributed by atoms with E-state index < -0.39 is 0 Å². The summed E-state index contributed by atoms with van der Waals surface area (Å²) < 4.78 is 5.53. The Morgan fingerprint density at radius 3 is 2.82 bits per heavy atom. The molecule has 0 bridgehead atoms. The van der Waals surface area contributed by atoms with Crippen molar-refractivity contribution >= 4 is 5.91 Å². The largest absolute Gasteiger partial charge is 0.378 e. The Kier molecular flexibility index (Phi) is 5.26. The van der Waals surface area contributed by atoms with Crippen molar-refractivity contribution in [2.75, 3.05) is 26.2 Å². The Morgan fingerprint density at radius 1 is 1.29 bits per heavy atom. The summed E-state index contributed by atoms with van der Waals surface area (Å²) in [4.78, 5) is 11.7. The number of carbonyl (C=O) groups excluding carboxylic acids is 1. The first-order chi connectivity index (χ1) is 8.34. The lowest BCUT2D eigenvalue weighted by atomic mass is 9.94. The molecule has 0 aromatic carbocycles. The van der Waals surface area contributed by atoms with Gasteiger partial charge >= 0.3 is 0 Å². The van der Waals surface area contributed by atoms with Gasteiger partial charge in [-0.1, -0.05) is 0 Å². The molecule has 2 aliphatic rings. The zero-order valence-electron chi connectivity index (χ0n) is 10.5. The van der Waals surface area contributed by atoms with Gasteiger partial charge in [-0.15, -0.1) is 0 Å². The van der Waals surface area contributed by atoms with Crippen LogP contribution >= 0.6 is 0 Å². The summed E-state index contributed by atoms with van der Waals surface area (Å²) >= 11 is 0. The van der Waals surface area contributed by atoms with E-state index in [-0.39, 0.29) is 5.91 Å². The second-order valence-electron chi connectivity index (χ2n) is 5.17. The van der Waals surface area contributed by atoms with Crippen LogP contribution in [0.25, 0.3) is 0 Å². The second-order valence-corrected chi connectivity index (χ2v) is 5.17. The molecule has 1 unspecified atom stereocenters. The summed E-state index contributed by atoms with van der Waals surface area (Å²) in [6.45, 7) is 3.80.